The van der Waals surface area contributed by atoms with Crippen LogP contribution < -0.4 is 9.77 Å². The fourth-order valence-electron chi connectivity index (χ4n) is 3.88. The number of para-hydroxylation sites is 1. The normalized spacial score (nSPS) is 23.6. The number of hydrogen-bond donors (Lipinski definition) is 1. The number of amides is 2. The Morgan fingerprint density at radius 3 is 2.36 bits per heavy atom. The van der Waals surface area contributed by atoms with Crippen LogP contribution in [0, 0.1) is 5.92 Å². The van der Waals surface area contributed by atoms with Crippen LogP contribution >= 0.6 is 34.7 Å². The molecule has 1 aromatic heterocycles. The second kappa shape index (κ2) is 6.62. The van der Waals surface area contributed by atoms with Crippen LogP contribution in [0.4, 0.5) is 5.69 Å². The predicted molar refractivity (Wildman–Crippen MR) is 110 cm³/mol. The maximum Gasteiger partial charge on any atom is 0.305 e. The number of imide groups is 1. The van der Waals surface area contributed by atoms with Gasteiger partial charge < -0.3 is 4.98 Å². The summed E-state index contributed by atoms with van der Waals surface area (Å²) in [5, 5.41) is 0.686. The molecule has 0 saturated carbocycles. The summed E-state index contributed by atoms with van der Waals surface area (Å²) in [5.74, 6) is -1.42. The number of carbonyl (C=O) groups is 2. The largest absolute Gasteiger partial charge is 0.307 e. The number of nitrogens with zero attached hydrogens (tertiary/aromatic N) is 1. The third-order valence-corrected chi connectivity index (χ3v) is 7.72. The van der Waals surface area contributed by atoms with Crippen molar-refractivity contribution < 1.29 is 9.59 Å². The van der Waals surface area contributed by atoms with Crippen LogP contribution in [0.2, 0.25) is 5.02 Å². The van der Waals surface area contributed by atoms with E-state index in [0.29, 0.717) is 15.7 Å². The smallest absolute Gasteiger partial charge is 0.305 e. The average Bonchev–Trinajstić information content (AvgIpc) is 3.18. The van der Waals surface area contributed by atoms with Gasteiger partial charge in [-0.05, 0) is 29.8 Å². The lowest BCUT2D eigenvalue weighted by Crippen LogP contribution is -2.32. The highest BCUT2D eigenvalue weighted by atomic mass is 35.5. The minimum atomic E-state index is -0.578. The molecule has 3 heterocycles. The molecule has 28 heavy (non-hydrogen) atoms. The van der Waals surface area contributed by atoms with Crippen molar-refractivity contribution in [2.75, 3.05) is 4.90 Å². The Morgan fingerprint density at radius 1 is 0.929 bits per heavy atom. The number of rotatable bonds is 2. The molecule has 0 spiro atoms. The first kappa shape index (κ1) is 17.7. The van der Waals surface area contributed by atoms with E-state index in [9.17, 15) is 14.4 Å². The van der Waals surface area contributed by atoms with Gasteiger partial charge in [0.05, 0.1) is 16.6 Å². The number of benzene rings is 2. The third kappa shape index (κ3) is 2.65. The summed E-state index contributed by atoms with van der Waals surface area (Å²) in [4.78, 5) is 43.3. The Morgan fingerprint density at radius 2 is 1.64 bits per heavy atom. The highest BCUT2D eigenvalue weighted by molar-refractivity contribution is 8.00. The fraction of sp³-hybridized carbons (Fsp3) is 0.150. The summed E-state index contributed by atoms with van der Waals surface area (Å²) in [6.45, 7) is 0. The molecule has 3 aromatic rings. The van der Waals surface area contributed by atoms with E-state index < -0.39 is 11.2 Å². The predicted octanol–water partition coefficient (Wildman–Crippen LogP) is 3.89. The minimum absolute atomic E-state index is 0.184. The molecule has 1 fully saturated rings. The van der Waals surface area contributed by atoms with Crippen molar-refractivity contribution in [1.29, 1.82) is 0 Å². The standard InChI is InChI=1S/C20H13ClN2O3S2/c21-11-8-6-10(7-9-11)13-14-16(27-17-15(13)28-20(26)22-17)19(25)23(18(14)24)12-4-2-1-3-5-12/h1-9,13-14,16H,(H,22,26)/t13-,14-,16+/m0/s1. The number of thiazole rings is 1. The van der Waals surface area contributed by atoms with E-state index in [0.717, 1.165) is 21.8 Å². The van der Waals surface area contributed by atoms with Crippen molar-refractivity contribution in [3.63, 3.8) is 0 Å². The Labute approximate surface area is 173 Å². The first-order chi connectivity index (χ1) is 13.5. The molecule has 0 unspecified atom stereocenters. The van der Waals surface area contributed by atoms with Gasteiger partial charge in [0.2, 0.25) is 11.8 Å². The Balaban J connectivity index is 1.66. The summed E-state index contributed by atoms with van der Waals surface area (Å²) in [7, 11) is 0. The molecule has 1 saturated heterocycles. The molecule has 2 aromatic carbocycles. The number of aromatic nitrogens is 1. The van der Waals surface area contributed by atoms with Crippen LogP contribution in [0.25, 0.3) is 0 Å². The Bertz CT molecular complexity index is 1140. The van der Waals surface area contributed by atoms with Crippen LogP contribution in [0.1, 0.15) is 16.4 Å². The summed E-state index contributed by atoms with van der Waals surface area (Å²) in [6, 6.07) is 16.2. The molecular formula is C20H13ClN2O3S2. The van der Waals surface area contributed by atoms with Crippen molar-refractivity contribution in [2.24, 2.45) is 5.92 Å². The van der Waals surface area contributed by atoms with Gasteiger partial charge in [0.1, 0.15) is 5.25 Å². The van der Waals surface area contributed by atoms with Crippen LogP contribution in [0.3, 0.4) is 0 Å². The van der Waals surface area contributed by atoms with E-state index in [2.05, 4.69) is 4.98 Å². The van der Waals surface area contributed by atoms with E-state index >= 15 is 0 Å². The van der Waals surface area contributed by atoms with Crippen molar-refractivity contribution in [3.05, 3.63) is 79.7 Å². The van der Waals surface area contributed by atoms with Gasteiger partial charge >= 0.3 is 4.87 Å². The number of halogens is 1. The average molecular weight is 429 g/mol. The molecule has 2 amide bonds. The number of carbonyl (C=O) groups excluding carboxylic acids is 2. The Hall–Kier alpha value is -2.35. The molecule has 3 atom stereocenters. The van der Waals surface area contributed by atoms with E-state index in [-0.39, 0.29) is 22.6 Å². The molecule has 5 rings (SSSR count). The number of thioether (sulfide) groups is 1. The molecular weight excluding hydrogens is 416 g/mol. The lowest BCUT2D eigenvalue weighted by molar-refractivity contribution is -0.122. The number of aromatic amines is 1. The number of anilines is 1. The molecule has 140 valence electrons. The molecule has 1 N–H and O–H groups in total. The van der Waals surface area contributed by atoms with Crippen molar-refractivity contribution in [3.8, 4) is 0 Å². The van der Waals surface area contributed by atoms with Crippen molar-refractivity contribution >= 4 is 52.2 Å². The lowest BCUT2D eigenvalue weighted by atomic mass is 9.83. The third-order valence-electron chi connectivity index (χ3n) is 5.07. The van der Waals surface area contributed by atoms with Crippen molar-refractivity contribution in [1.82, 2.24) is 4.98 Å². The van der Waals surface area contributed by atoms with E-state index in [1.54, 1.807) is 36.4 Å². The van der Waals surface area contributed by atoms with Gasteiger partial charge in [0, 0.05) is 15.8 Å². The molecule has 0 radical (unpaired) electrons. The number of H-pyrrole nitrogens is 1. The van der Waals surface area contributed by atoms with Crippen LogP contribution in [0.15, 0.2) is 64.4 Å². The van der Waals surface area contributed by atoms with Crippen LogP contribution in [0.5, 0.6) is 0 Å². The molecule has 5 nitrogen and oxygen atoms in total. The first-order valence-electron chi connectivity index (χ1n) is 8.62. The minimum Gasteiger partial charge on any atom is -0.307 e. The van der Waals surface area contributed by atoms with E-state index in [1.165, 1.54) is 16.7 Å². The zero-order chi connectivity index (χ0) is 19.4. The quantitative estimate of drug-likeness (QED) is 0.629. The maximum absolute atomic E-state index is 13.4. The van der Waals surface area contributed by atoms with Crippen LogP contribution in [-0.4, -0.2) is 22.0 Å². The first-order valence-corrected chi connectivity index (χ1v) is 10.7. The number of fused-ring (bicyclic) bond motifs is 2. The zero-order valence-corrected chi connectivity index (χ0v) is 16.7. The molecule has 2 aliphatic rings. The number of hydrogen-bond acceptors (Lipinski definition) is 5. The van der Waals surface area contributed by atoms with Gasteiger partial charge in [-0.2, -0.15) is 0 Å². The summed E-state index contributed by atoms with van der Waals surface area (Å²) >= 11 is 8.41. The maximum atomic E-state index is 13.4. The monoisotopic (exact) mass is 428 g/mol. The summed E-state index contributed by atoms with van der Waals surface area (Å²) < 4.78 is 0. The summed E-state index contributed by atoms with van der Waals surface area (Å²) in [5.41, 5.74) is 1.44. The SMILES string of the molecule is O=C1[C@H]2[C@H](c3ccc(Cl)cc3)c3sc(=O)[nH]c3S[C@H]2C(=O)N1c1ccccc1. The van der Waals surface area contributed by atoms with Gasteiger partial charge in [-0.1, -0.05) is 65.0 Å². The van der Waals surface area contributed by atoms with Crippen molar-refractivity contribution in [2.45, 2.75) is 16.2 Å². The van der Waals surface area contributed by atoms with Gasteiger partial charge in [-0.15, -0.1) is 0 Å². The number of nitrogens with one attached hydrogen (secondary N) is 1. The van der Waals surface area contributed by atoms with Crippen LogP contribution in [-0.2, 0) is 9.59 Å². The molecule has 0 bridgehead atoms. The van der Waals surface area contributed by atoms with Gasteiger partial charge in [0.15, 0.2) is 0 Å². The highest BCUT2D eigenvalue weighted by Crippen LogP contribution is 2.53. The van der Waals surface area contributed by atoms with Gasteiger partial charge in [0.25, 0.3) is 0 Å². The van der Waals surface area contributed by atoms with Gasteiger partial charge in [-0.3, -0.25) is 14.4 Å². The molecule has 8 heteroatoms. The highest BCUT2D eigenvalue weighted by Gasteiger charge is 2.56. The lowest BCUT2D eigenvalue weighted by Gasteiger charge is -2.29. The summed E-state index contributed by atoms with van der Waals surface area (Å²) in [6.07, 6.45) is 0. The van der Waals surface area contributed by atoms with E-state index in [4.69, 9.17) is 11.6 Å². The fourth-order valence-corrected chi connectivity index (χ4v) is 6.52. The Kier molecular flexibility index (Phi) is 4.19. The van der Waals surface area contributed by atoms with Gasteiger partial charge in [-0.25, -0.2) is 4.90 Å². The zero-order valence-electron chi connectivity index (χ0n) is 14.3. The second-order valence-corrected chi connectivity index (χ2v) is 9.25. The molecule has 2 aliphatic heterocycles. The topological polar surface area (TPSA) is 70.2 Å². The molecule has 0 aliphatic carbocycles. The second-order valence-electron chi connectivity index (χ2n) is 6.65. The van der Waals surface area contributed by atoms with E-state index in [1.807, 2.05) is 18.2 Å².